The molecular formula is C51H33N3O. The summed E-state index contributed by atoms with van der Waals surface area (Å²) in [6, 6.07) is 69.2. The Balaban J connectivity index is 1.03. The molecule has 0 radical (unpaired) electrons. The van der Waals surface area contributed by atoms with Crippen molar-refractivity contribution in [3.05, 3.63) is 200 Å². The van der Waals surface area contributed by atoms with Gasteiger partial charge in [-0.15, -0.1) is 0 Å². The predicted octanol–water partition coefficient (Wildman–Crippen LogP) is 14.0. The monoisotopic (exact) mass is 703 g/mol. The van der Waals surface area contributed by atoms with Crippen molar-refractivity contribution >= 4 is 71.6 Å². The van der Waals surface area contributed by atoms with Crippen LogP contribution < -0.4 is 4.90 Å². The zero-order chi connectivity index (χ0) is 36.3. The molecule has 258 valence electrons. The molecule has 0 atom stereocenters. The average Bonchev–Trinajstić information content (AvgIpc) is 3.80. The molecule has 3 heterocycles. The molecule has 0 unspecified atom stereocenters. The maximum atomic E-state index is 6.19. The molecule has 0 saturated heterocycles. The third kappa shape index (κ3) is 5.19. The van der Waals surface area contributed by atoms with Gasteiger partial charge < -0.3 is 13.9 Å². The molecule has 0 aliphatic heterocycles. The topological polar surface area (TPSA) is 34.2 Å². The molecule has 8 aromatic carbocycles. The summed E-state index contributed by atoms with van der Waals surface area (Å²) in [6.45, 7) is 0. The number of hydrogen-bond donors (Lipinski definition) is 0. The summed E-state index contributed by atoms with van der Waals surface area (Å²) < 4.78 is 8.57. The molecule has 4 heteroatoms. The second-order valence-corrected chi connectivity index (χ2v) is 14.0. The number of nitrogens with zero attached hydrogens (tertiary/aromatic N) is 3. The minimum Gasteiger partial charge on any atom is -0.456 e. The molecule has 0 fully saturated rings. The summed E-state index contributed by atoms with van der Waals surface area (Å²) in [7, 11) is 0. The lowest BCUT2D eigenvalue weighted by Gasteiger charge is -2.26. The normalized spacial score (nSPS) is 11.6. The van der Waals surface area contributed by atoms with Gasteiger partial charge in [-0.2, -0.15) is 0 Å². The Hall–Kier alpha value is -7.43. The van der Waals surface area contributed by atoms with Crippen molar-refractivity contribution in [1.29, 1.82) is 0 Å². The number of fused-ring (bicyclic) bond motifs is 7. The maximum absolute atomic E-state index is 6.19. The van der Waals surface area contributed by atoms with Crippen LogP contribution in [0.4, 0.5) is 17.1 Å². The fraction of sp³-hybridized carbons (Fsp3) is 0. The Bertz CT molecular complexity index is 3170. The maximum Gasteiger partial charge on any atom is 0.139 e. The van der Waals surface area contributed by atoms with Gasteiger partial charge in [0.05, 0.1) is 22.1 Å². The molecule has 0 amide bonds. The summed E-state index contributed by atoms with van der Waals surface area (Å²) in [5, 5.41) is 7.03. The minimum atomic E-state index is 0.840. The first kappa shape index (κ1) is 31.1. The SMILES string of the molecule is c1cc(-c2cccc(-n3c4ccccc4c4ccccc43)c2)cc(N(c2ccc(-c3nccc4oc5ccccc5c34)cc2)c2ccc3ccccc3c2)c1. The van der Waals surface area contributed by atoms with E-state index in [1.807, 2.05) is 30.5 Å². The Morgan fingerprint density at radius 1 is 0.418 bits per heavy atom. The van der Waals surface area contributed by atoms with E-state index in [9.17, 15) is 0 Å². The van der Waals surface area contributed by atoms with E-state index < -0.39 is 0 Å². The number of anilines is 3. The van der Waals surface area contributed by atoms with Gasteiger partial charge >= 0.3 is 0 Å². The van der Waals surface area contributed by atoms with E-state index >= 15 is 0 Å². The van der Waals surface area contributed by atoms with Crippen LogP contribution in [0.2, 0.25) is 0 Å². The van der Waals surface area contributed by atoms with Gasteiger partial charge in [0.15, 0.2) is 0 Å². The molecule has 4 nitrogen and oxygen atoms in total. The highest BCUT2D eigenvalue weighted by atomic mass is 16.3. The van der Waals surface area contributed by atoms with E-state index in [0.29, 0.717) is 0 Å². The largest absolute Gasteiger partial charge is 0.456 e. The highest BCUT2D eigenvalue weighted by Gasteiger charge is 2.18. The third-order valence-corrected chi connectivity index (χ3v) is 10.8. The van der Waals surface area contributed by atoms with Crippen LogP contribution in [0.5, 0.6) is 0 Å². The number of benzene rings is 8. The Morgan fingerprint density at radius 3 is 1.85 bits per heavy atom. The number of aromatic nitrogens is 2. The van der Waals surface area contributed by atoms with E-state index in [1.54, 1.807) is 0 Å². The highest BCUT2D eigenvalue weighted by molar-refractivity contribution is 6.11. The summed E-state index contributed by atoms with van der Waals surface area (Å²) in [5.74, 6) is 0. The van der Waals surface area contributed by atoms with Crippen LogP contribution in [0.25, 0.3) is 82.6 Å². The van der Waals surface area contributed by atoms with Crippen LogP contribution in [0.15, 0.2) is 205 Å². The molecular weight excluding hydrogens is 671 g/mol. The molecule has 0 saturated carbocycles. The van der Waals surface area contributed by atoms with Crippen LogP contribution in [-0.4, -0.2) is 9.55 Å². The van der Waals surface area contributed by atoms with Crippen molar-refractivity contribution < 1.29 is 4.42 Å². The molecule has 0 aliphatic carbocycles. The number of pyridine rings is 1. The van der Waals surface area contributed by atoms with Crippen molar-refractivity contribution in [2.75, 3.05) is 4.90 Å². The Labute approximate surface area is 317 Å². The van der Waals surface area contributed by atoms with Crippen molar-refractivity contribution in [2.24, 2.45) is 0 Å². The number of hydrogen-bond acceptors (Lipinski definition) is 3. The van der Waals surface area contributed by atoms with E-state index in [4.69, 9.17) is 9.40 Å². The first-order valence-corrected chi connectivity index (χ1v) is 18.6. The van der Waals surface area contributed by atoms with Gasteiger partial charge in [-0.25, -0.2) is 0 Å². The lowest BCUT2D eigenvalue weighted by Crippen LogP contribution is -2.10. The zero-order valence-corrected chi connectivity index (χ0v) is 29.8. The lowest BCUT2D eigenvalue weighted by molar-refractivity contribution is 0.668. The van der Waals surface area contributed by atoms with Gasteiger partial charge in [-0.05, 0) is 94.7 Å². The summed E-state index contributed by atoms with van der Waals surface area (Å²) in [6.07, 6.45) is 1.83. The average molecular weight is 704 g/mol. The minimum absolute atomic E-state index is 0.840. The molecule has 0 N–H and O–H groups in total. The van der Waals surface area contributed by atoms with Gasteiger partial charge in [0.25, 0.3) is 0 Å². The Kier molecular flexibility index (Phi) is 7.14. The molecule has 11 aromatic rings. The second-order valence-electron chi connectivity index (χ2n) is 14.0. The number of para-hydroxylation sites is 3. The van der Waals surface area contributed by atoms with Gasteiger partial charge in [-0.1, -0.05) is 121 Å². The highest BCUT2D eigenvalue weighted by Crippen LogP contribution is 2.41. The van der Waals surface area contributed by atoms with Gasteiger partial charge in [0, 0.05) is 50.7 Å². The molecule has 55 heavy (non-hydrogen) atoms. The molecule has 0 spiro atoms. The summed E-state index contributed by atoms with van der Waals surface area (Å²) in [4.78, 5) is 7.20. The second kappa shape index (κ2) is 12.6. The molecule has 3 aromatic heterocycles. The number of furan rings is 1. The van der Waals surface area contributed by atoms with E-state index in [2.05, 4.69) is 179 Å². The number of rotatable bonds is 6. The van der Waals surface area contributed by atoms with Gasteiger partial charge in [0.1, 0.15) is 11.2 Å². The molecule has 11 rings (SSSR count). The smallest absolute Gasteiger partial charge is 0.139 e. The lowest BCUT2D eigenvalue weighted by atomic mass is 10.0. The van der Waals surface area contributed by atoms with Crippen LogP contribution in [0.1, 0.15) is 0 Å². The third-order valence-electron chi connectivity index (χ3n) is 10.8. The van der Waals surface area contributed by atoms with E-state index in [1.165, 1.54) is 32.6 Å². The van der Waals surface area contributed by atoms with Crippen LogP contribution >= 0.6 is 0 Å². The standard InChI is InChI=1S/C51H33N3O/c1-2-12-36-31-42(28-23-34(36)11-1)53(39-26-24-35(25-27-39)51-50-45-19-5-8-22-48(45)55-49(50)29-30-52-51)40-15-9-13-37(32-40)38-14-10-16-41(33-38)54-46-20-6-3-17-43(46)44-18-4-7-21-47(44)54/h1-33H. The molecule has 0 bridgehead atoms. The van der Waals surface area contributed by atoms with Crippen LogP contribution in [-0.2, 0) is 0 Å². The Morgan fingerprint density at radius 2 is 1.05 bits per heavy atom. The first-order chi connectivity index (χ1) is 27.3. The zero-order valence-electron chi connectivity index (χ0n) is 29.8. The van der Waals surface area contributed by atoms with Crippen molar-refractivity contribution in [1.82, 2.24) is 9.55 Å². The van der Waals surface area contributed by atoms with Crippen molar-refractivity contribution in [2.45, 2.75) is 0 Å². The fourth-order valence-corrected chi connectivity index (χ4v) is 8.27. The quantitative estimate of drug-likeness (QED) is 0.173. The van der Waals surface area contributed by atoms with Crippen molar-refractivity contribution in [3.8, 4) is 28.1 Å². The van der Waals surface area contributed by atoms with Gasteiger partial charge in [0.2, 0.25) is 0 Å². The van der Waals surface area contributed by atoms with E-state index in [0.717, 1.165) is 67.1 Å². The van der Waals surface area contributed by atoms with E-state index in [-0.39, 0.29) is 0 Å². The predicted molar refractivity (Wildman–Crippen MR) is 229 cm³/mol. The van der Waals surface area contributed by atoms with Gasteiger partial charge in [-0.3, -0.25) is 4.98 Å². The van der Waals surface area contributed by atoms with Crippen LogP contribution in [0.3, 0.4) is 0 Å². The molecule has 0 aliphatic rings. The summed E-state index contributed by atoms with van der Waals surface area (Å²) in [5.41, 5.74) is 12.7. The first-order valence-electron chi connectivity index (χ1n) is 18.6. The fourth-order valence-electron chi connectivity index (χ4n) is 8.27. The summed E-state index contributed by atoms with van der Waals surface area (Å²) >= 11 is 0. The van der Waals surface area contributed by atoms with Crippen LogP contribution in [0, 0.1) is 0 Å². The van der Waals surface area contributed by atoms with Crippen molar-refractivity contribution in [3.63, 3.8) is 0 Å².